The van der Waals surface area contributed by atoms with Gasteiger partial charge in [-0.05, 0) is 49.4 Å². The van der Waals surface area contributed by atoms with Crippen LogP contribution in [0.2, 0.25) is 0 Å². The van der Waals surface area contributed by atoms with E-state index in [1.54, 1.807) is 41.5 Å². The largest absolute Gasteiger partial charge is 0.465 e. The molecule has 1 amide bonds. The van der Waals surface area contributed by atoms with Crippen molar-refractivity contribution in [1.82, 2.24) is 4.57 Å². The van der Waals surface area contributed by atoms with Crippen LogP contribution in [0, 0.1) is 5.82 Å². The highest BCUT2D eigenvalue weighted by Gasteiger charge is 2.13. The molecule has 0 aliphatic heterocycles. The number of ether oxygens (including phenoxy) is 1. The average Bonchev–Trinajstić information content (AvgIpc) is 2.98. The lowest BCUT2D eigenvalue weighted by Crippen LogP contribution is -2.23. The molecular weight excluding hydrogens is 411 g/mol. The van der Waals surface area contributed by atoms with Crippen molar-refractivity contribution in [2.24, 2.45) is 4.99 Å². The summed E-state index contributed by atoms with van der Waals surface area (Å²) in [6.07, 6.45) is 0. The van der Waals surface area contributed by atoms with Crippen LogP contribution in [-0.2, 0) is 16.1 Å². The van der Waals surface area contributed by atoms with Gasteiger partial charge < -0.3 is 9.30 Å². The topological polar surface area (TPSA) is 60.7 Å². The maximum Gasteiger partial charge on any atom is 0.326 e. The number of hydrogen-bond acceptors (Lipinski definition) is 5. The van der Waals surface area contributed by atoms with Crippen molar-refractivity contribution < 1.29 is 18.7 Å². The van der Waals surface area contributed by atoms with Gasteiger partial charge in [0.25, 0.3) is 5.91 Å². The number of thioether (sulfide) groups is 1. The third-order valence-electron chi connectivity index (χ3n) is 3.91. The van der Waals surface area contributed by atoms with Gasteiger partial charge in [-0.3, -0.25) is 9.59 Å². The van der Waals surface area contributed by atoms with Crippen molar-refractivity contribution in [3.05, 3.63) is 58.6 Å². The Balaban J connectivity index is 1.99. The van der Waals surface area contributed by atoms with Gasteiger partial charge in [-0.2, -0.15) is 4.99 Å². The Labute approximate surface area is 176 Å². The number of halogens is 1. The standard InChI is InChI=1S/C21H21FN2O3S2/c1-4-27-19(25)12-24-17-10-7-15(22)11-18(17)29-21(24)23-20(26)14-5-8-16(9-6-14)28-13(2)3/h5-11,13H,4,12H2,1-3H3. The molecule has 0 N–H and O–H groups in total. The summed E-state index contributed by atoms with van der Waals surface area (Å²) in [6.45, 7) is 6.08. The van der Waals surface area contributed by atoms with Crippen molar-refractivity contribution >= 4 is 45.2 Å². The number of carbonyl (C=O) groups is 2. The average molecular weight is 433 g/mol. The van der Waals surface area contributed by atoms with Crippen molar-refractivity contribution in [2.45, 2.75) is 37.5 Å². The van der Waals surface area contributed by atoms with E-state index in [2.05, 4.69) is 18.8 Å². The number of amides is 1. The van der Waals surface area contributed by atoms with Crippen LogP contribution < -0.4 is 4.80 Å². The van der Waals surface area contributed by atoms with Gasteiger partial charge in [0.15, 0.2) is 4.80 Å². The van der Waals surface area contributed by atoms with Crippen LogP contribution in [0.5, 0.6) is 0 Å². The summed E-state index contributed by atoms with van der Waals surface area (Å²) in [5.41, 5.74) is 1.07. The molecule has 29 heavy (non-hydrogen) atoms. The van der Waals surface area contributed by atoms with Crippen LogP contribution in [0.1, 0.15) is 31.1 Å². The first-order chi connectivity index (χ1) is 13.9. The van der Waals surface area contributed by atoms with Gasteiger partial charge in [0.1, 0.15) is 12.4 Å². The molecule has 0 fully saturated rings. The molecule has 1 aromatic heterocycles. The van der Waals surface area contributed by atoms with Crippen LogP contribution in [-0.4, -0.2) is 28.3 Å². The molecule has 1 heterocycles. The number of thiazole rings is 1. The second-order valence-corrected chi connectivity index (χ2v) is 9.15. The zero-order chi connectivity index (χ0) is 21.0. The highest BCUT2D eigenvalue weighted by Crippen LogP contribution is 2.23. The van der Waals surface area contributed by atoms with Crippen molar-refractivity contribution in [3.8, 4) is 0 Å². The summed E-state index contributed by atoms with van der Waals surface area (Å²) >= 11 is 2.87. The summed E-state index contributed by atoms with van der Waals surface area (Å²) in [5, 5.41) is 0.446. The number of fused-ring (bicyclic) bond motifs is 1. The monoisotopic (exact) mass is 432 g/mol. The lowest BCUT2D eigenvalue weighted by Gasteiger charge is -2.06. The van der Waals surface area contributed by atoms with E-state index < -0.39 is 17.7 Å². The van der Waals surface area contributed by atoms with E-state index in [0.29, 0.717) is 25.8 Å². The molecule has 0 atom stereocenters. The minimum Gasteiger partial charge on any atom is -0.465 e. The summed E-state index contributed by atoms with van der Waals surface area (Å²) in [5.74, 6) is -1.26. The van der Waals surface area contributed by atoms with Gasteiger partial charge in [0.05, 0.1) is 16.8 Å². The summed E-state index contributed by atoms with van der Waals surface area (Å²) in [6, 6.07) is 11.5. The van der Waals surface area contributed by atoms with Crippen molar-refractivity contribution in [2.75, 3.05) is 6.61 Å². The van der Waals surface area contributed by atoms with E-state index in [1.165, 1.54) is 12.1 Å². The van der Waals surface area contributed by atoms with Gasteiger partial charge in [-0.15, -0.1) is 11.8 Å². The van der Waals surface area contributed by atoms with Gasteiger partial charge in [0, 0.05) is 15.7 Å². The number of benzene rings is 2. The Morgan fingerprint density at radius 2 is 1.93 bits per heavy atom. The van der Waals surface area contributed by atoms with Crippen LogP contribution in [0.3, 0.4) is 0 Å². The van der Waals surface area contributed by atoms with E-state index in [0.717, 1.165) is 16.2 Å². The van der Waals surface area contributed by atoms with E-state index in [1.807, 2.05) is 12.1 Å². The van der Waals surface area contributed by atoms with E-state index in [9.17, 15) is 14.0 Å². The van der Waals surface area contributed by atoms with Gasteiger partial charge in [-0.1, -0.05) is 25.2 Å². The molecule has 0 aliphatic rings. The molecule has 0 bridgehead atoms. The number of esters is 1. The molecule has 3 aromatic rings. The fourth-order valence-corrected chi connectivity index (χ4v) is 4.61. The minimum absolute atomic E-state index is 0.102. The Morgan fingerprint density at radius 3 is 2.59 bits per heavy atom. The first-order valence-electron chi connectivity index (χ1n) is 9.17. The van der Waals surface area contributed by atoms with E-state index >= 15 is 0 Å². The Hall–Kier alpha value is -2.45. The highest BCUT2D eigenvalue weighted by atomic mass is 32.2. The Morgan fingerprint density at radius 1 is 1.21 bits per heavy atom. The molecule has 0 unspecified atom stereocenters. The summed E-state index contributed by atoms with van der Waals surface area (Å²) in [4.78, 5) is 30.3. The normalized spacial score (nSPS) is 12.0. The first kappa shape index (κ1) is 21.3. The van der Waals surface area contributed by atoms with Crippen molar-refractivity contribution in [3.63, 3.8) is 0 Å². The Kier molecular flexibility index (Phi) is 6.87. The predicted molar refractivity (Wildman–Crippen MR) is 114 cm³/mol. The maximum absolute atomic E-state index is 13.6. The third-order valence-corrected chi connectivity index (χ3v) is 5.96. The minimum atomic E-state index is -0.444. The van der Waals surface area contributed by atoms with Crippen LogP contribution >= 0.6 is 23.1 Å². The molecule has 0 radical (unpaired) electrons. The predicted octanol–water partition coefficient (Wildman–Crippen LogP) is 4.65. The molecule has 8 heteroatoms. The fourth-order valence-electron chi connectivity index (χ4n) is 2.72. The lowest BCUT2D eigenvalue weighted by molar-refractivity contribution is -0.143. The SMILES string of the molecule is CCOC(=O)Cn1c(=NC(=O)c2ccc(SC(C)C)cc2)sc2cc(F)ccc21. The van der Waals surface area contributed by atoms with Crippen LogP contribution in [0.4, 0.5) is 4.39 Å². The molecule has 3 rings (SSSR count). The summed E-state index contributed by atoms with van der Waals surface area (Å²) in [7, 11) is 0. The molecule has 2 aromatic carbocycles. The first-order valence-corrected chi connectivity index (χ1v) is 10.9. The molecule has 0 saturated heterocycles. The molecule has 0 spiro atoms. The number of nitrogens with zero attached hydrogens (tertiary/aromatic N) is 2. The van der Waals surface area contributed by atoms with Crippen molar-refractivity contribution in [1.29, 1.82) is 0 Å². The van der Waals surface area contributed by atoms with Gasteiger partial charge >= 0.3 is 5.97 Å². The van der Waals surface area contributed by atoms with Crippen LogP contribution in [0.15, 0.2) is 52.4 Å². The number of aromatic nitrogens is 1. The number of rotatable bonds is 6. The molecule has 152 valence electrons. The second-order valence-electron chi connectivity index (χ2n) is 6.50. The number of hydrogen-bond donors (Lipinski definition) is 0. The summed E-state index contributed by atoms with van der Waals surface area (Å²) < 4.78 is 20.8. The quantitative estimate of drug-likeness (QED) is 0.420. The van der Waals surface area contributed by atoms with Gasteiger partial charge in [0.2, 0.25) is 0 Å². The highest BCUT2D eigenvalue weighted by molar-refractivity contribution is 7.99. The zero-order valence-electron chi connectivity index (χ0n) is 16.3. The van der Waals surface area contributed by atoms with E-state index in [-0.39, 0.29) is 13.2 Å². The van der Waals surface area contributed by atoms with E-state index in [4.69, 9.17) is 4.74 Å². The molecule has 0 aliphatic carbocycles. The molecule has 0 saturated carbocycles. The number of carbonyl (C=O) groups excluding carboxylic acids is 2. The molecule has 5 nitrogen and oxygen atoms in total. The molecular formula is C21H21FN2O3S2. The fraction of sp³-hybridized carbons (Fsp3) is 0.286. The second kappa shape index (κ2) is 9.37. The van der Waals surface area contributed by atoms with Gasteiger partial charge in [-0.25, -0.2) is 4.39 Å². The van der Waals surface area contributed by atoms with Crippen LogP contribution in [0.25, 0.3) is 10.2 Å². The smallest absolute Gasteiger partial charge is 0.326 e. The lowest BCUT2D eigenvalue weighted by atomic mass is 10.2. The zero-order valence-corrected chi connectivity index (χ0v) is 18.0. The maximum atomic E-state index is 13.6. The Bertz CT molecular complexity index is 1100. The third kappa shape index (κ3) is 5.33.